The minimum Gasteiger partial charge on any atom is -0.497 e. The van der Waals surface area contributed by atoms with E-state index in [4.69, 9.17) is 4.74 Å². The van der Waals surface area contributed by atoms with Gasteiger partial charge in [0.2, 0.25) is 0 Å². The first-order chi connectivity index (χ1) is 10.2. The topological polar surface area (TPSA) is 72.3 Å². The van der Waals surface area contributed by atoms with Crippen molar-refractivity contribution < 1.29 is 14.6 Å². The quantitative estimate of drug-likeness (QED) is 0.913. The van der Waals surface area contributed by atoms with Gasteiger partial charge >= 0.3 is 5.97 Å². The molecule has 1 N–H and O–H groups in total. The number of ether oxygens (including phenoxy) is 1. The van der Waals surface area contributed by atoms with Crippen LogP contribution >= 0.6 is 0 Å². The fourth-order valence-electron chi connectivity index (χ4n) is 2.32. The number of carbonyl (C=O) groups is 1. The van der Waals surface area contributed by atoms with Gasteiger partial charge in [0.05, 0.1) is 18.4 Å². The molecule has 108 valence electrons. The molecule has 1 aliphatic rings. The average Bonchev–Trinajstić information content (AvgIpc) is 3.32. The molecule has 2 aromatic rings. The zero-order chi connectivity index (χ0) is 14.8. The minimum atomic E-state index is -0.954. The van der Waals surface area contributed by atoms with Crippen LogP contribution < -0.4 is 4.74 Å². The van der Waals surface area contributed by atoms with Crippen LogP contribution in [-0.4, -0.2) is 28.2 Å². The molecule has 0 spiro atoms. The molecule has 1 heterocycles. The predicted octanol–water partition coefficient (Wildman–Crippen LogP) is 2.65. The molecular formula is C16H16N2O3. The molecular weight excluding hydrogens is 268 g/mol. The summed E-state index contributed by atoms with van der Waals surface area (Å²) in [6.07, 6.45) is 4.01. The van der Waals surface area contributed by atoms with Crippen LogP contribution in [0.4, 0.5) is 0 Å². The van der Waals surface area contributed by atoms with Gasteiger partial charge in [-0.15, -0.1) is 0 Å². The number of rotatable bonds is 5. The lowest BCUT2D eigenvalue weighted by atomic mass is 10.1. The lowest BCUT2D eigenvalue weighted by Crippen LogP contribution is -2.08. The Labute approximate surface area is 122 Å². The fraction of sp³-hybridized carbons (Fsp3) is 0.312. The van der Waals surface area contributed by atoms with Gasteiger partial charge in [-0.3, -0.25) is 0 Å². The Morgan fingerprint density at radius 1 is 1.43 bits per heavy atom. The van der Waals surface area contributed by atoms with Crippen LogP contribution in [0.15, 0.2) is 30.5 Å². The number of hydrogen-bond donors (Lipinski definition) is 1. The van der Waals surface area contributed by atoms with E-state index in [2.05, 4.69) is 9.97 Å². The molecule has 0 saturated heterocycles. The van der Waals surface area contributed by atoms with Gasteiger partial charge in [-0.1, -0.05) is 12.1 Å². The summed E-state index contributed by atoms with van der Waals surface area (Å²) in [5.74, 6) is 0.764. The summed E-state index contributed by atoms with van der Waals surface area (Å²) in [7, 11) is 1.63. The molecule has 1 saturated carbocycles. The SMILES string of the molecule is COc1cccc(Cc2ncc(C(=O)O)c(C3CC3)n2)c1. The second-order valence-corrected chi connectivity index (χ2v) is 5.19. The zero-order valence-electron chi connectivity index (χ0n) is 11.7. The normalized spacial score (nSPS) is 14.0. The van der Waals surface area contributed by atoms with E-state index in [1.54, 1.807) is 7.11 Å². The largest absolute Gasteiger partial charge is 0.497 e. The second kappa shape index (κ2) is 5.52. The third-order valence-corrected chi connectivity index (χ3v) is 3.56. The fourth-order valence-corrected chi connectivity index (χ4v) is 2.32. The minimum absolute atomic E-state index is 0.229. The molecule has 0 amide bonds. The van der Waals surface area contributed by atoms with E-state index >= 15 is 0 Å². The Kier molecular flexibility index (Phi) is 3.56. The molecule has 0 bridgehead atoms. The molecule has 1 aromatic carbocycles. The van der Waals surface area contributed by atoms with Gasteiger partial charge in [0.15, 0.2) is 0 Å². The highest BCUT2D eigenvalue weighted by atomic mass is 16.5. The molecule has 0 unspecified atom stereocenters. The summed E-state index contributed by atoms with van der Waals surface area (Å²) < 4.78 is 5.20. The molecule has 0 radical (unpaired) electrons. The Morgan fingerprint density at radius 2 is 2.24 bits per heavy atom. The standard InChI is InChI=1S/C16H16N2O3/c1-21-12-4-2-3-10(7-12)8-14-17-9-13(16(19)20)15(18-14)11-5-6-11/h2-4,7,9,11H,5-6,8H2,1H3,(H,19,20). The highest BCUT2D eigenvalue weighted by Gasteiger charge is 2.30. The lowest BCUT2D eigenvalue weighted by molar-refractivity contribution is 0.0694. The Balaban J connectivity index is 1.88. The van der Waals surface area contributed by atoms with Gasteiger partial charge in [0.25, 0.3) is 0 Å². The zero-order valence-corrected chi connectivity index (χ0v) is 11.7. The first-order valence-electron chi connectivity index (χ1n) is 6.89. The van der Waals surface area contributed by atoms with Crippen LogP contribution in [0.5, 0.6) is 5.75 Å². The molecule has 5 heteroatoms. The van der Waals surface area contributed by atoms with Gasteiger partial charge in [-0.2, -0.15) is 0 Å². The Morgan fingerprint density at radius 3 is 2.90 bits per heavy atom. The van der Waals surface area contributed by atoms with Gasteiger partial charge in [-0.25, -0.2) is 14.8 Å². The third kappa shape index (κ3) is 3.02. The van der Waals surface area contributed by atoms with Crippen LogP contribution in [0.2, 0.25) is 0 Å². The van der Waals surface area contributed by atoms with Crippen molar-refractivity contribution >= 4 is 5.97 Å². The number of aromatic nitrogens is 2. The molecule has 3 rings (SSSR count). The maximum absolute atomic E-state index is 11.2. The average molecular weight is 284 g/mol. The molecule has 0 aliphatic heterocycles. The second-order valence-electron chi connectivity index (χ2n) is 5.19. The Bertz CT molecular complexity index is 681. The number of methoxy groups -OCH3 is 1. The van der Waals surface area contributed by atoms with Crippen LogP contribution in [0, 0.1) is 0 Å². The number of nitrogens with zero attached hydrogens (tertiary/aromatic N) is 2. The van der Waals surface area contributed by atoms with Crippen LogP contribution in [0.25, 0.3) is 0 Å². The van der Waals surface area contributed by atoms with Crippen molar-refractivity contribution in [2.75, 3.05) is 7.11 Å². The van der Waals surface area contributed by atoms with Crippen LogP contribution in [0.3, 0.4) is 0 Å². The number of aromatic carboxylic acids is 1. The molecule has 1 aliphatic carbocycles. The van der Waals surface area contributed by atoms with Crippen molar-refractivity contribution in [1.82, 2.24) is 9.97 Å². The van der Waals surface area contributed by atoms with Gasteiger partial charge in [0.1, 0.15) is 11.6 Å². The number of benzene rings is 1. The van der Waals surface area contributed by atoms with Crippen molar-refractivity contribution in [3.05, 3.63) is 53.1 Å². The third-order valence-electron chi connectivity index (χ3n) is 3.56. The van der Waals surface area contributed by atoms with E-state index in [0.717, 1.165) is 24.2 Å². The number of hydrogen-bond acceptors (Lipinski definition) is 4. The van der Waals surface area contributed by atoms with Gasteiger partial charge < -0.3 is 9.84 Å². The van der Waals surface area contributed by atoms with E-state index in [0.29, 0.717) is 17.9 Å². The van der Waals surface area contributed by atoms with E-state index in [1.165, 1.54) is 6.20 Å². The molecule has 5 nitrogen and oxygen atoms in total. The highest BCUT2D eigenvalue weighted by molar-refractivity contribution is 5.88. The Hall–Kier alpha value is -2.43. The maximum Gasteiger partial charge on any atom is 0.339 e. The maximum atomic E-state index is 11.2. The van der Waals surface area contributed by atoms with Crippen molar-refractivity contribution in [3.63, 3.8) is 0 Å². The van der Waals surface area contributed by atoms with Crippen LogP contribution in [-0.2, 0) is 6.42 Å². The first-order valence-corrected chi connectivity index (χ1v) is 6.89. The van der Waals surface area contributed by atoms with Crippen molar-refractivity contribution in [1.29, 1.82) is 0 Å². The van der Waals surface area contributed by atoms with E-state index < -0.39 is 5.97 Å². The summed E-state index contributed by atoms with van der Waals surface area (Å²) >= 11 is 0. The number of carboxylic acid groups (broad SMARTS) is 1. The molecule has 1 aromatic heterocycles. The van der Waals surface area contributed by atoms with Gasteiger partial charge in [-0.05, 0) is 30.5 Å². The smallest absolute Gasteiger partial charge is 0.339 e. The summed E-state index contributed by atoms with van der Waals surface area (Å²) in [4.78, 5) is 19.9. The van der Waals surface area contributed by atoms with Crippen LogP contribution in [0.1, 0.15) is 46.2 Å². The van der Waals surface area contributed by atoms with E-state index in [-0.39, 0.29) is 11.5 Å². The summed E-state index contributed by atoms with van der Waals surface area (Å²) in [6, 6.07) is 7.72. The molecule has 21 heavy (non-hydrogen) atoms. The van der Waals surface area contributed by atoms with E-state index in [9.17, 15) is 9.90 Å². The monoisotopic (exact) mass is 284 g/mol. The van der Waals surface area contributed by atoms with Crippen molar-refractivity contribution in [3.8, 4) is 5.75 Å². The molecule has 1 fully saturated rings. The van der Waals surface area contributed by atoms with Crippen molar-refractivity contribution in [2.45, 2.75) is 25.2 Å². The van der Waals surface area contributed by atoms with E-state index in [1.807, 2.05) is 24.3 Å². The van der Waals surface area contributed by atoms with Gasteiger partial charge in [0, 0.05) is 18.5 Å². The summed E-state index contributed by atoms with van der Waals surface area (Å²) in [5.41, 5.74) is 1.95. The number of carboxylic acids is 1. The van der Waals surface area contributed by atoms with Crippen molar-refractivity contribution in [2.24, 2.45) is 0 Å². The predicted molar refractivity (Wildman–Crippen MR) is 76.8 cm³/mol. The first kappa shape index (κ1) is 13.5. The highest BCUT2D eigenvalue weighted by Crippen LogP contribution is 2.40. The molecule has 0 atom stereocenters. The lowest BCUT2D eigenvalue weighted by Gasteiger charge is -2.07. The summed E-state index contributed by atoms with van der Waals surface area (Å²) in [6.45, 7) is 0. The summed E-state index contributed by atoms with van der Waals surface area (Å²) in [5, 5.41) is 9.19.